The Labute approximate surface area is 202 Å². The summed E-state index contributed by atoms with van der Waals surface area (Å²) in [5.74, 6) is -2.84. The van der Waals surface area contributed by atoms with Crippen molar-refractivity contribution in [3.63, 3.8) is 0 Å². The van der Waals surface area contributed by atoms with Crippen molar-refractivity contribution in [3.8, 4) is 11.1 Å². The zero-order chi connectivity index (χ0) is 25.3. The van der Waals surface area contributed by atoms with Crippen LogP contribution in [-0.4, -0.2) is 60.1 Å². The molecule has 7 nitrogen and oxygen atoms in total. The summed E-state index contributed by atoms with van der Waals surface area (Å²) in [5.41, 5.74) is 3.38. The number of alkyl carbamates (subject to hydrolysis) is 1. The van der Waals surface area contributed by atoms with Gasteiger partial charge in [0.1, 0.15) is 12.6 Å². The van der Waals surface area contributed by atoms with Gasteiger partial charge in [-0.1, -0.05) is 62.4 Å². The molecule has 35 heavy (non-hydrogen) atoms. The van der Waals surface area contributed by atoms with Gasteiger partial charge in [-0.25, -0.2) is 13.6 Å². The highest BCUT2D eigenvalue weighted by Gasteiger charge is 2.47. The van der Waals surface area contributed by atoms with Crippen molar-refractivity contribution >= 4 is 18.0 Å². The molecule has 0 spiro atoms. The van der Waals surface area contributed by atoms with Gasteiger partial charge < -0.3 is 20.1 Å². The number of likely N-dealkylation sites (tertiary alicyclic amines) is 1. The minimum Gasteiger partial charge on any atom is -0.481 e. The number of halogens is 2. The summed E-state index contributed by atoms with van der Waals surface area (Å²) in [6, 6.07) is 14.0. The van der Waals surface area contributed by atoms with E-state index in [4.69, 9.17) is 4.74 Å². The molecule has 1 aliphatic carbocycles. The second-order valence-corrected chi connectivity index (χ2v) is 9.75. The minimum atomic E-state index is -2.84. The van der Waals surface area contributed by atoms with E-state index in [2.05, 4.69) is 5.32 Å². The second kappa shape index (κ2) is 9.64. The van der Waals surface area contributed by atoms with E-state index in [1.807, 2.05) is 48.5 Å². The Kier molecular flexibility index (Phi) is 6.78. The maximum Gasteiger partial charge on any atom is 0.407 e. The molecule has 0 aromatic heterocycles. The summed E-state index contributed by atoms with van der Waals surface area (Å²) in [7, 11) is 0. The number of nitrogens with zero attached hydrogens (tertiary/aromatic N) is 1. The number of nitrogens with one attached hydrogen (secondary N) is 1. The molecule has 1 fully saturated rings. The number of benzene rings is 2. The number of alkyl halides is 2. The van der Waals surface area contributed by atoms with Crippen LogP contribution in [0.3, 0.4) is 0 Å². The van der Waals surface area contributed by atoms with Crippen LogP contribution in [0.2, 0.25) is 0 Å². The summed E-state index contributed by atoms with van der Waals surface area (Å²) in [6.07, 6.45) is -4.71. The molecule has 1 aliphatic heterocycles. The first kappa shape index (κ1) is 24.6. The molecular formula is C26H28F2N2O5. The molecule has 2 amide bonds. The van der Waals surface area contributed by atoms with Gasteiger partial charge in [0.15, 0.2) is 0 Å². The number of ether oxygens (including phenoxy) is 1. The lowest BCUT2D eigenvalue weighted by molar-refractivity contribution is -0.144. The zero-order valence-corrected chi connectivity index (χ0v) is 19.5. The van der Waals surface area contributed by atoms with Crippen LogP contribution in [0.4, 0.5) is 13.6 Å². The number of carboxylic acid groups (broad SMARTS) is 1. The smallest absolute Gasteiger partial charge is 0.407 e. The molecule has 1 saturated heterocycles. The van der Waals surface area contributed by atoms with Crippen LogP contribution in [-0.2, 0) is 14.3 Å². The van der Waals surface area contributed by atoms with Crippen molar-refractivity contribution < 1.29 is 33.0 Å². The van der Waals surface area contributed by atoms with E-state index in [1.165, 1.54) is 4.90 Å². The third-order valence-electron chi connectivity index (χ3n) is 6.90. The van der Waals surface area contributed by atoms with Gasteiger partial charge in [-0.3, -0.25) is 9.59 Å². The van der Waals surface area contributed by atoms with Crippen LogP contribution in [0.25, 0.3) is 11.1 Å². The Morgan fingerprint density at radius 1 is 1.09 bits per heavy atom. The number of rotatable bonds is 7. The van der Waals surface area contributed by atoms with Gasteiger partial charge in [0.2, 0.25) is 12.3 Å². The number of carbonyl (C=O) groups excluding carboxylic acids is 2. The lowest BCUT2D eigenvalue weighted by Crippen LogP contribution is -2.49. The highest BCUT2D eigenvalue weighted by Crippen LogP contribution is 2.44. The molecule has 186 valence electrons. The molecule has 4 rings (SSSR count). The molecule has 2 unspecified atom stereocenters. The fourth-order valence-corrected chi connectivity index (χ4v) is 5.12. The molecule has 2 atom stereocenters. The topological polar surface area (TPSA) is 95.9 Å². The predicted molar refractivity (Wildman–Crippen MR) is 124 cm³/mol. The van der Waals surface area contributed by atoms with Gasteiger partial charge in [0.05, 0.1) is 5.92 Å². The molecule has 0 bridgehead atoms. The van der Waals surface area contributed by atoms with Gasteiger partial charge >= 0.3 is 12.1 Å². The molecule has 2 aromatic rings. The standard InChI is InChI=1S/C26H28F2N2O5/c1-26(2)14-30(12-20(26)24(32)33)23(31)21(11-22(27)28)29-25(34)35-13-19-17-9-5-3-7-15(17)16-8-4-6-10-18(16)19/h3-10,19-22H,11-14H2,1-2H3,(H,29,34)(H,32,33). The van der Waals surface area contributed by atoms with Crippen LogP contribution >= 0.6 is 0 Å². The van der Waals surface area contributed by atoms with Gasteiger partial charge in [-0.15, -0.1) is 0 Å². The first-order chi connectivity index (χ1) is 16.6. The number of carbonyl (C=O) groups is 3. The van der Waals surface area contributed by atoms with Gasteiger partial charge in [0.25, 0.3) is 0 Å². The van der Waals surface area contributed by atoms with E-state index in [1.54, 1.807) is 13.8 Å². The predicted octanol–water partition coefficient (Wildman–Crippen LogP) is 4.12. The average Bonchev–Trinajstić information content (AvgIpc) is 3.30. The monoisotopic (exact) mass is 486 g/mol. The number of hydrogen-bond acceptors (Lipinski definition) is 4. The van der Waals surface area contributed by atoms with Crippen molar-refractivity contribution in [3.05, 3.63) is 59.7 Å². The summed E-state index contributed by atoms with van der Waals surface area (Å²) >= 11 is 0. The van der Waals surface area contributed by atoms with Crippen molar-refractivity contribution in [2.45, 2.75) is 38.7 Å². The van der Waals surface area contributed by atoms with Crippen LogP contribution in [0, 0.1) is 11.3 Å². The number of amides is 2. The Hall–Kier alpha value is -3.49. The van der Waals surface area contributed by atoms with E-state index in [0.29, 0.717) is 0 Å². The van der Waals surface area contributed by atoms with Gasteiger partial charge in [0, 0.05) is 25.4 Å². The first-order valence-electron chi connectivity index (χ1n) is 11.5. The first-order valence-corrected chi connectivity index (χ1v) is 11.5. The van der Waals surface area contributed by atoms with E-state index >= 15 is 0 Å². The number of fused-ring (bicyclic) bond motifs is 3. The average molecular weight is 487 g/mol. The van der Waals surface area contributed by atoms with E-state index in [9.17, 15) is 28.3 Å². The van der Waals surface area contributed by atoms with Crippen LogP contribution in [0.15, 0.2) is 48.5 Å². The van der Waals surface area contributed by atoms with Crippen molar-refractivity contribution in [1.82, 2.24) is 10.2 Å². The fourth-order valence-electron chi connectivity index (χ4n) is 5.12. The molecule has 2 aromatic carbocycles. The Bertz CT molecular complexity index is 1090. The van der Waals surface area contributed by atoms with Crippen molar-refractivity contribution in [2.24, 2.45) is 11.3 Å². The minimum absolute atomic E-state index is 0.0206. The summed E-state index contributed by atoms with van der Waals surface area (Å²) < 4.78 is 31.9. The maximum atomic E-state index is 13.2. The zero-order valence-electron chi connectivity index (χ0n) is 19.5. The van der Waals surface area contributed by atoms with Gasteiger partial charge in [-0.05, 0) is 27.7 Å². The molecule has 9 heteroatoms. The van der Waals surface area contributed by atoms with Crippen LogP contribution in [0.5, 0.6) is 0 Å². The Balaban J connectivity index is 1.44. The summed E-state index contributed by atoms with van der Waals surface area (Å²) in [5, 5.41) is 11.7. The Morgan fingerprint density at radius 2 is 1.66 bits per heavy atom. The molecule has 1 heterocycles. The lowest BCUT2D eigenvalue weighted by Gasteiger charge is -2.25. The number of hydrogen-bond donors (Lipinski definition) is 2. The molecule has 2 aliphatic rings. The highest BCUT2D eigenvalue weighted by atomic mass is 19.3. The fraction of sp³-hybridized carbons (Fsp3) is 0.423. The van der Waals surface area contributed by atoms with Crippen LogP contribution < -0.4 is 5.32 Å². The second-order valence-electron chi connectivity index (χ2n) is 9.75. The van der Waals surface area contributed by atoms with Crippen LogP contribution in [0.1, 0.15) is 37.3 Å². The molecule has 0 saturated carbocycles. The molecule has 0 radical (unpaired) electrons. The quantitative estimate of drug-likeness (QED) is 0.614. The molecule has 2 N–H and O–H groups in total. The summed E-state index contributed by atoms with van der Waals surface area (Å²) in [6.45, 7) is 3.38. The number of carboxylic acids is 1. The third-order valence-corrected chi connectivity index (χ3v) is 6.90. The third kappa shape index (κ3) is 4.99. The summed E-state index contributed by atoms with van der Waals surface area (Å²) in [4.78, 5) is 38.4. The molecular weight excluding hydrogens is 458 g/mol. The van der Waals surface area contributed by atoms with E-state index < -0.39 is 48.2 Å². The Morgan fingerprint density at radius 3 is 2.17 bits per heavy atom. The van der Waals surface area contributed by atoms with Crippen molar-refractivity contribution in [2.75, 3.05) is 19.7 Å². The van der Waals surface area contributed by atoms with E-state index in [-0.39, 0.29) is 25.6 Å². The normalized spacial score (nSPS) is 19.2. The van der Waals surface area contributed by atoms with Crippen molar-refractivity contribution in [1.29, 1.82) is 0 Å². The van der Waals surface area contributed by atoms with Gasteiger partial charge in [-0.2, -0.15) is 0 Å². The maximum absolute atomic E-state index is 13.2. The lowest BCUT2D eigenvalue weighted by atomic mass is 9.82. The number of aliphatic carboxylic acids is 1. The van der Waals surface area contributed by atoms with E-state index in [0.717, 1.165) is 22.3 Å². The SMILES string of the molecule is CC1(C)CN(C(=O)C(CC(F)F)NC(=O)OCC2c3ccccc3-c3ccccc32)CC1C(=O)O. The highest BCUT2D eigenvalue weighted by molar-refractivity contribution is 5.87. The largest absolute Gasteiger partial charge is 0.481 e.